The van der Waals surface area contributed by atoms with Crippen LogP contribution in [0.2, 0.25) is 0 Å². The smallest absolute Gasteiger partial charge is 0.251 e. The van der Waals surface area contributed by atoms with Gasteiger partial charge in [-0.1, -0.05) is 109 Å². The molecule has 0 atom stereocenters. The van der Waals surface area contributed by atoms with E-state index in [1.807, 2.05) is 31.2 Å². The van der Waals surface area contributed by atoms with Crippen LogP contribution in [-0.4, -0.2) is 11.9 Å². The summed E-state index contributed by atoms with van der Waals surface area (Å²) in [5.41, 5.74) is 1.89. The zero-order chi connectivity index (χ0) is 19.7. The van der Waals surface area contributed by atoms with Gasteiger partial charge in [0, 0.05) is 11.6 Å². The van der Waals surface area contributed by atoms with Crippen molar-refractivity contribution in [3.8, 4) is 0 Å². The molecule has 0 fully saturated rings. The molecule has 0 radical (unpaired) electrons. The van der Waals surface area contributed by atoms with Gasteiger partial charge >= 0.3 is 0 Å². The Bertz CT molecular complexity index is 481. The molecule has 1 aromatic rings. The number of rotatable bonds is 16. The van der Waals surface area contributed by atoms with Crippen LogP contribution in [0.25, 0.3) is 0 Å². The summed E-state index contributed by atoms with van der Waals surface area (Å²) < 4.78 is 0. The van der Waals surface area contributed by atoms with Gasteiger partial charge < -0.3 is 5.32 Å². The molecule has 0 unspecified atom stereocenters. The number of carbonyl (C=O) groups excluding carboxylic acids is 1. The molecule has 27 heavy (non-hydrogen) atoms. The lowest BCUT2D eigenvalue weighted by Gasteiger charge is -2.19. The van der Waals surface area contributed by atoms with E-state index < -0.39 is 0 Å². The van der Waals surface area contributed by atoms with E-state index in [1.54, 1.807) is 0 Å². The predicted molar refractivity (Wildman–Crippen MR) is 118 cm³/mol. The Hall–Kier alpha value is -1.31. The lowest BCUT2D eigenvalue weighted by Crippen LogP contribution is -2.35. The SMILES string of the molecule is CCCCCCCCC(CCCCCCCC)NC(=O)c1ccccc1C. The van der Waals surface area contributed by atoms with Crippen molar-refractivity contribution in [1.29, 1.82) is 0 Å². The minimum Gasteiger partial charge on any atom is -0.349 e. The van der Waals surface area contributed by atoms with Gasteiger partial charge in [0.15, 0.2) is 0 Å². The first-order valence-corrected chi connectivity index (χ1v) is 11.6. The summed E-state index contributed by atoms with van der Waals surface area (Å²) in [6, 6.07) is 8.24. The van der Waals surface area contributed by atoms with Crippen LogP contribution in [0.5, 0.6) is 0 Å². The number of aryl methyl sites for hydroxylation is 1. The minimum atomic E-state index is 0.107. The first kappa shape index (κ1) is 23.7. The maximum Gasteiger partial charge on any atom is 0.251 e. The molecule has 0 aromatic heterocycles. The van der Waals surface area contributed by atoms with Gasteiger partial charge in [0.1, 0.15) is 0 Å². The summed E-state index contributed by atoms with van der Waals surface area (Å²) in [7, 11) is 0. The van der Waals surface area contributed by atoms with Gasteiger partial charge in [0.25, 0.3) is 5.91 Å². The van der Waals surface area contributed by atoms with E-state index in [2.05, 4.69) is 19.2 Å². The van der Waals surface area contributed by atoms with Crippen LogP contribution in [0.15, 0.2) is 24.3 Å². The third-order valence-electron chi connectivity index (χ3n) is 5.54. The van der Waals surface area contributed by atoms with Gasteiger partial charge in [-0.15, -0.1) is 0 Å². The molecule has 2 nitrogen and oxygen atoms in total. The first-order chi connectivity index (χ1) is 13.2. The van der Waals surface area contributed by atoms with Gasteiger partial charge in [-0.2, -0.15) is 0 Å². The molecule has 1 amide bonds. The van der Waals surface area contributed by atoms with Crippen LogP contribution in [0.3, 0.4) is 0 Å². The molecule has 1 aromatic carbocycles. The molecule has 0 spiro atoms. The highest BCUT2D eigenvalue weighted by molar-refractivity contribution is 5.95. The van der Waals surface area contributed by atoms with Crippen molar-refractivity contribution in [2.45, 2.75) is 117 Å². The molecule has 2 heteroatoms. The monoisotopic (exact) mass is 373 g/mol. The summed E-state index contributed by atoms with van der Waals surface area (Å²) in [4.78, 5) is 12.7. The van der Waals surface area contributed by atoms with Gasteiger partial charge in [0.2, 0.25) is 0 Å². The van der Waals surface area contributed by atoms with Gasteiger partial charge in [-0.05, 0) is 31.4 Å². The third kappa shape index (κ3) is 11.2. The minimum absolute atomic E-state index is 0.107. The number of unbranched alkanes of at least 4 members (excludes halogenated alkanes) is 10. The van der Waals surface area contributed by atoms with Crippen molar-refractivity contribution in [3.05, 3.63) is 35.4 Å². The van der Waals surface area contributed by atoms with Crippen LogP contribution < -0.4 is 5.32 Å². The molecule has 0 saturated carbocycles. The molecular formula is C25H43NO. The fraction of sp³-hybridized carbons (Fsp3) is 0.720. The number of amides is 1. The second-order valence-electron chi connectivity index (χ2n) is 8.10. The summed E-state index contributed by atoms with van der Waals surface area (Å²) in [5, 5.41) is 3.34. The fourth-order valence-electron chi connectivity index (χ4n) is 3.72. The average Bonchev–Trinajstić information content (AvgIpc) is 2.67. The molecule has 0 saturated heterocycles. The van der Waals surface area contributed by atoms with Crippen molar-refractivity contribution >= 4 is 5.91 Å². The first-order valence-electron chi connectivity index (χ1n) is 11.6. The maximum atomic E-state index is 12.7. The molecular weight excluding hydrogens is 330 g/mol. The second-order valence-corrected chi connectivity index (χ2v) is 8.10. The number of nitrogens with one attached hydrogen (secondary N) is 1. The van der Waals surface area contributed by atoms with Gasteiger partial charge in [-0.3, -0.25) is 4.79 Å². The fourth-order valence-corrected chi connectivity index (χ4v) is 3.72. The Kier molecular flexibility index (Phi) is 13.8. The number of carbonyl (C=O) groups is 1. The Balaban J connectivity index is 2.43. The molecule has 0 aliphatic carbocycles. The zero-order valence-corrected chi connectivity index (χ0v) is 18.2. The summed E-state index contributed by atoms with van der Waals surface area (Å²) >= 11 is 0. The summed E-state index contributed by atoms with van der Waals surface area (Å²) in [6.07, 6.45) is 18.0. The van der Waals surface area contributed by atoms with E-state index in [0.717, 1.165) is 24.0 Å². The normalized spacial score (nSPS) is 11.1. The molecule has 1 rings (SSSR count). The lowest BCUT2D eigenvalue weighted by atomic mass is 9.99. The quantitative estimate of drug-likeness (QED) is 0.297. The zero-order valence-electron chi connectivity index (χ0n) is 18.2. The van der Waals surface area contributed by atoms with Crippen LogP contribution in [0.1, 0.15) is 120 Å². The Morgan fingerprint density at radius 2 is 1.26 bits per heavy atom. The van der Waals surface area contributed by atoms with Crippen molar-refractivity contribution < 1.29 is 4.79 Å². The maximum absolute atomic E-state index is 12.7. The van der Waals surface area contributed by atoms with E-state index in [1.165, 1.54) is 77.0 Å². The van der Waals surface area contributed by atoms with Gasteiger partial charge in [-0.25, -0.2) is 0 Å². The topological polar surface area (TPSA) is 29.1 Å². The highest BCUT2D eigenvalue weighted by Crippen LogP contribution is 2.16. The summed E-state index contributed by atoms with van der Waals surface area (Å²) in [6.45, 7) is 6.54. The van der Waals surface area contributed by atoms with Crippen LogP contribution in [-0.2, 0) is 0 Å². The standard InChI is InChI=1S/C25H43NO/c1-4-6-8-10-12-14-19-23(20-15-13-11-9-7-5-2)26-25(27)24-21-17-16-18-22(24)3/h16-18,21,23H,4-15,19-20H2,1-3H3,(H,26,27). The van der Waals surface area contributed by atoms with E-state index in [9.17, 15) is 4.79 Å². The second kappa shape index (κ2) is 15.7. The van der Waals surface area contributed by atoms with Crippen LogP contribution in [0.4, 0.5) is 0 Å². The van der Waals surface area contributed by atoms with Crippen LogP contribution >= 0.6 is 0 Å². The molecule has 0 aliphatic heterocycles. The van der Waals surface area contributed by atoms with Crippen molar-refractivity contribution in [2.24, 2.45) is 0 Å². The number of hydrogen-bond donors (Lipinski definition) is 1. The Labute approximate surface area is 168 Å². The van der Waals surface area contributed by atoms with Crippen molar-refractivity contribution in [3.63, 3.8) is 0 Å². The third-order valence-corrected chi connectivity index (χ3v) is 5.54. The van der Waals surface area contributed by atoms with Crippen molar-refractivity contribution in [1.82, 2.24) is 5.32 Å². The van der Waals surface area contributed by atoms with Crippen molar-refractivity contribution in [2.75, 3.05) is 0 Å². The number of hydrogen-bond acceptors (Lipinski definition) is 1. The Morgan fingerprint density at radius 3 is 1.78 bits per heavy atom. The lowest BCUT2D eigenvalue weighted by molar-refractivity contribution is 0.0931. The summed E-state index contributed by atoms with van der Waals surface area (Å²) in [5.74, 6) is 0.107. The largest absolute Gasteiger partial charge is 0.349 e. The average molecular weight is 374 g/mol. The van der Waals surface area contributed by atoms with E-state index in [4.69, 9.17) is 0 Å². The molecule has 154 valence electrons. The van der Waals surface area contributed by atoms with Crippen LogP contribution in [0, 0.1) is 6.92 Å². The highest BCUT2D eigenvalue weighted by Gasteiger charge is 2.14. The highest BCUT2D eigenvalue weighted by atomic mass is 16.1. The number of benzene rings is 1. The molecule has 1 N–H and O–H groups in total. The molecule has 0 aliphatic rings. The molecule has 0 bridgehead atoms. The van der Waals surface area contributed by atoms with E-state index >= 15 is 0 Å². The Morgan fingerprint density at radius 1 is 0.778 bits per heavy atom. The predicted octanol–water partition coefficient (Wildman–Crippen LogP) is 7.59. The van der Waals surface area contributed by atoms with Gasteiger partial charge in [0.05, 0.1) is 0 Å². The van der Waals surface area contributed by atoms with E-state index in [0.29, 0.717) is 6.04 Å². The molecule has 0 heterocycles. The van der Waals surface area contributed by atoms with E-state index in [-0.39, 0.29) is 5.91 Å².